The van der Waals surface area contributed by atoms with Crippen molar-refractivity contribution < 1.29 is 14.3 Å². The van der Waals surface area contributed by atoms with E-state index in [1.54, 1.807) is 6.20 Å². The van der Waals surface area contributed by atoms with Crippen LogP contribution in [0.3, 0.4) is 0 Å². The molecule has 1 aliphatic rings. The lowest BCUT2D eigenvalue weighted by Gasteiger charge is -2.18. The summed E-state index contributed by atoms with van der Waals surface area (Å²) in [5, 5.41) is 17.1. The maximum absolute atomic E-state index is 14.3. The second-order valence-electron chi connectivity index (χ2n) is 8.08. The Morgan fingerprint density at radius 1 is 1.14 bits per heavy atom. The van der Waals surface area contributed by atoms with Crippen molar-refractivity contribution in [3.63, 3.8) is 0 Å². The molecule has 9 nitrogen and oxygen atoms in total. The Morgan fingerprint density at radius 2 is 2.00 bits per heavy atom. The van der Waals surface area contributed by atoms with E-state index in [4.69, 9.17) is 0 Å². The Labute approximate surface area is 210 Å². The van der Waals surface area contributed by atoms with Crippen molar-refractivity contribution in [2.24, 2.45) is 5.10 Å². The molecule has 4 aromatic rings. The van der Waals surface area contributed by atoms with E-state index in [9.17, 15) is 14.3 Å². The summed E-state index contributed by atoms with van der Waals surface area (Å²) in [6.07, 6.45) is 9.74. The van der Waals surface area contributed by atoms with Crippen LogP contribution in [-0.4, -0.2) is 45.3 Å². The highest BCUT2D eigenvalue weighted by Gasteiger charge is 2.17. The molecule has 0 spiro atoms. The highest BCUT2D eigenvalue weighted by Crippen LogP contribution is 2.32. The Hall–Kier alpha value is -4.38. The number of hydrogen-bond acceptors (Lipinski definition) is 9. The third-order valence-corrected chi connectivity index (χ3v) is 6.59. The number of aromatic hydroxyl groups is 1. The number of amides is 1. The molecule has 1 saturated heterocycles. The first kappa shape index (κ1) is 23.4. The van der Waals surface area contributed by atoms with E-state index in [-0.39, 0.29) is 11.1 Å². The van der Waals surface area contributed by atoms with Gasteiger partial charge in [0.15, 0.2) is 22.5 Å². The number of carbonyl (C=O) groups excluding carboxylic acids is 1. The minimum atomic E-state index is -0.942. The minimum Gasteiger partial charge on any atom is -0.504 e. The number of anilines is 3. The van der Waals surface area contributed by atoms with Crippen LogP contribution in [0, 0.1) is 5.82 Å². The number of nitrogens with zero attached hydrogens (tertiary/aromatic N) is 5. The molecule has 11 heteroatoms. The van der Waals surface area contributed by atoms with Gasteiger partial charge in [-0.1, -0.05) is 23.5 Å². The number of phenolic OH excluding ortho intramolecular Hbond substituents is 1. The number of thiazole rings is 1. The normalized spacial score (nSPS) is 13.3. The number of hydrazone groups is 1. The van der Waals surface area contributed by atoms with Crippen LogP contribution >= 0.6 is 11.3 Å². The summed E-state index contributed by atoms with van der Waals surface area (Å²) in [6.45, 7) is 2.11. The van der Waals surface area contributed by atoms with Crippen molar-refractivity contribution in [1.82, 2.24) is 15.0 Å². The van der Waals surface area contributed by atoms with Gasteiger partial charge in [-0.2, -0.15) is 5.10 Å². The first-order valence-electron chi connectivity index (χ1n) is 11.3. The van der Waals surface area contributed by atoms with Gasteiger partial charge in [-0.15, -0.1) is 0 Å². The summed E-state index contributed by atoms with van der Waals surface area (Å²) < 4.78 is 14.3. The molecule has 0 bridgehead atoms. The molecule has 0 saturated carbocycles. The van der Waals surface area contributed by atoms with E-state index in [0.717, 1.165) is 29.6 Å². The smallest absolute Gasteiger partial charge is 0.257 e. The summed E-state index contributed by atoms with van der Waals surface area (Å²) in [7, 11) is 0. The van der Waals surface area contributed by atoms with Gasteiger partial charge in [0, 0.05) is 48.5 Å². The minimum absolute atomic E-state index is 0.0130. The molecule has 3 N–H and O–H groups in total. The zero-order valence-electron chi connectivity index (χ0n) is 19.1. The van der Waals surface area contributed by atoms with E-state index in [0.29, 0.717) is 10.9 Å². The lowest BCUT2D eigenvalue weighted by atomic mass is 10.1. The van der Waals surface area contributed by atoms with Crippen LogP contribution in [0.4, 0.5) is 21.0 Å². The highest BCUT2D eigenvalue weighted by atomic mass is 32.1. The fourth-order valence-electron chi connectivity index (χ4n) is 3.84. The SMILES string of the molecule is O=C(Nc1ncc(-c2cccc(N3CCCC3)c2)s1)c1cc(F)c(O)c(C=NNc2cnccn2)c1. The highest BCUT2D eigenvalue weighted by molar-refractivity contribution is 7.19. The molecule has 182 valence electrons. The van der Waals surface area contributed by atoms with Crippen molar-refractivity contribution >= 4 is 40.1 Å². The van der Waals surface area contributed by atoms with Crippen molar-refractivity contribution in [1.29, 1.82) is 0 Å². The molecule has 0 atom stereocenters. The molecular formula is C25H22FN7O2S. The van der Waals surface area contributed by atoms with E-state index in [1.807, 2.05) is 12.1 Å². The largest absolute Gasteiger partial charge is 0.504 e. The molecule has 2 aromatic heterocycles. The summed E-state index contributed by atoms with van der Waals surface area (Å²) in [5.74, 6) is -1.75. The lowest BCUT2D eigenvalue weighted by Crippen LogP contribution is -2.17. The monoisotopic (exact) mass is 503 g/mol. The van der Waals surface area contributed by atoms with Crippen LogP contribution < -0.4 is 15.6 Å². The Morgan fingerprint density at radius 3 is 2.81 bits per heavy atom. The standard InChI is InChI=1S/C25H22FN7O2S/c26-20-12-17(10-18(23(20)34)13-30-32-22-15-27-6-7-28-22)24(35)31-25-29-14-21(36-25)16-4-3-5-19(11-16)33-8-1-2-9-33/h3-7,10-15,34H,1-2,8-9H2,(H,28,32)(H,29,31,35). The number of nitrogens with one attached hydrogen (secondary N) is 2. The summed E-state index contributed by atoms with van der Waals surface area (Å²) in [6, 6.07) is 10.6. The van der Waals surface area contributed by atoms with Gasteiger partial charge in [0.05, 0.1) is 17.3 Å². The molecule has 1 amide bonds. The van der Waals surface area contributed by atoms with Gasteiger partial charge in [0.2, 0.25) is 0 Å². The van der Waals surface area contributed by atoms with Crippen molar-refractivity contribution in [3.05, 3.63) is 78.1 Å². The maximum atomic E-state index is 14.3. The van der Waals surface area contributed by atoms with Gasteiger partial charge < -0.3 is 10.0 Å². The van der Waals surface area contributed by atoms with Gasteiger partial charge >= 0.3 is 0 Å². The molecule has 3 heterocycles. The quantitative estimate of drug-likeness (QED) is 0.246. The van der Waals surface area contributed by atoms with Crippen LogP contribution in [0.5, 0.6) is 5.75 Å². The number of phenols is 1. The lowest BCUT2D eigenvalue weighted by molar-refractivity contribution is 0.102. The van der Waals surface area contributed by atoms with Crippen LogP contribution in [0.2, 0.25) is 0 Å². The van der Waals surface area contributed by atoms with Crippen molar-refractivity contribution in [2.75, 3.05) is 28.7 Å². The number of rotatable bonds is 7. The first-order valence-corrected chi connectivity index (χ1v) is 12.1. The number of hydrogen-bond donors (Lipinski definition) is 3. The average molecular weight is 504 g/mol. The second kappa shape index (κ2) is 10.5. The fraction of sp³-hybridized carbons (Fsp3) is 0.160. The zero-order valence-corrected chi connectivity index (χ0v) is 19.9. The predicted octanol–water partition coefficient (Wildman–Crippen LogP) is 4.74. The molecular weight excluding hydrogens is 481 g/mol. The molecule has 2 aromatic carbocycles. The van der Waals surface area contributed by atoms with E-state index in [2.05, 4.69) is 47.8 Å². The molecule has 1 fully saturated rings. The predicted molar refractivity (Wildman–Crippen MR) is 138 cm³/mol. The van der Waals surface area contributed by atoms with Crippen LogP contribution in [0.15, 0.2) is 66.3 Å². The Kier molecular flexibility index (Phi) is 6.80. The molecule has 0 aliphatic carbocycles. The summed E-state index contributed by atoms with van der Waals surface area (Å²) in [4.78, 5) is 28.3. The molecule has 36 heavy (non-hydrogen) atoms. The van der Waals surface area contributed by atoms with Crippen LogP contribution in [0.25, 0.3) is 10.4 Å². The zero-order chi connectivity index (χ0) is 24.9. The van der Waals surface area contributed by atoms with Crippen LogP contribution in [0.1, 0.15) is 28.8 Å². The average Bonchev–Trinajstić information content (AvgIpc) is 3.60. The van der Waals surface area contributed by atoms with Crippen molar-refractivity contribution in [3.8, 4) is 16.2 Å². The van der Waals surface area contributed by atoms with Gasteiger partial charge in [-0.3, -0.25) is 20.5 Å². The number of halogens is 1. The Balaban J connectivity index is 1.30. The van der Waals surface area contributed by atoms with E-state index >= 15 is 0 Å². The number of carbonyl (C=O) groups is 1. The second-order valence-corrected chi connectivity index (χ2v) is 9.12. The van der Waals surface area contributed by atoms with E-state index in [1.165, 1.54) is 60.7 Å². The van der Waals surface area contributed by atoms with Gasteiger partial charge in [0.25, 0.3) is 5.91 Å². The molecule has 1 aliphatic heterocycles. The van der Waals surface area contributed by atoms with Crippen LogP contribution in [-0.2, 0) is 0 Å². The third-order valence-electron chi connectivity index (χ3n) is 5.63. The first-order chi connectivity index (χ1) is 17.6. The fourth-order valence-corrected chi connectivity index (χ4v) is 4.65. The molecule has 5 rings (SSSR count). The third kappa shape index (κ3) is 5.31. The maximum Gasteiger partial charge on any atom is 0.257 e. The summed E-state index contributed by atoms with van der Waals surface area (Å²) >= 11 is 1.33. The van der Waals surface area contributed by atoms with Gasteiger partial charge in [-0.05, 0) is 42.7 Å². The van der Waals surface area contributed by atoms with Gasteiger partial charge in [0.1, 0.15) is 0 Å². The van der Waals surface area contributed by atoms with Crippen molar-refractivity contribution in [2.45, 2.75) is 12.8 Å². The molecule has 0 unspecified atom stereocenters. The molecule has 0 radical (unpaired) electrons. The number of aromatic nitrogens is 3. The Bertz CT molecular complexity index is 1400. The van der Waals surface area contributed by atoms with E-state index < -0.39 is 17.5 Å². The topological polar surface area (TPSA) is 116 Å². The summed E-state index contributed by atoms with van der Waals surface area (Å²) in [5.41, 5.74) is 4.84. The van der Waals surface area contributed by atoms with Gasteiger partial charge in [-0.25, -0.2) is 14.4 Å². The number of benzene rings is 2.